The van der Waals surface area contributed by atoms with Crippen LogP contribution in [0.5, 0.6) is 0 Å². The first-order valence-corrected chi connectivity index (χ1v) is 6.38. The summed E-state index contributed by atoms with van der Waals surface area (Å²) in [6.07, 6.45) is 7.56. The lowest BCUT2D eigenvalue weighted by molar-refractivity contribution is 0.606. The van der Waals surface area contributed by atoms with Gasteiger partial charge in [-0.1, -0.05) is 0 Å². The summed E-state index contributed by atoms with van der Waals surface area (Å²) in [5.74, 6) is 0.741. The fourth-order valence-corrected chi connectivity index (χ4v) is 2.67. The lowest BCUT2D eigenvalue weighted by Gasteiger charge is -2.14. The molecule has 2 aromatic rings. The molecule has 94 valence electrons. The summed E-state index contributed by atoms with van der Waals surface area (Å²) < 4.78 is 15.3. The van der Waals surface area contributed by atoms with Crippen LogP contribution in [0.15, 0.2) is 18.5 Å². The Morgan fingerprint density at radius 2 is 2.11 bits per heavy atom. The summed E-state index contributed by atoms with van der Waals surface area (Å²) >= 11 is 0. The first-order chi connectivity index (χ1) is 8.74. The largest absolute Gasteiger partial charge is 0.328 e. The van der Waals surface area contributed by atoms with Crippen LogP contribution in [-0.4, -0.2) is 14.5 Å². The first-order valence-electron chi connectivity index (χ1n) is 6.38. The predicted molar refractivity (Wildman–Crippen MR) is 66.9 cm³/mol. The molecule has 4 heteroatoms. The van der Waals surface area contributed by atoms with Crippen LogP contribution in [0, 0.1) is 12.7 Å². The van der Waals surface area contributed by atoms with Crippen molar-refractivity contribution in [1.82, 2.24) is 14.5 Å². The van der Waals surface area contributed by atoms with Gasteiger partial charge in [0.2, 0.25) is 0 Å². The molecule has 2 aromatic heterocycles. The summed E-state index contributed by atoms with van der Waals surface area (Å²) in [6, 6.07) is 1.54. The molecule has 0 bridgehead atoms. The lowest BCUT2D eigenvalue weighted by atomic mass is 10.0. The van der Waals surface area contributed by atoms with E-state index in [4.69, 9.17) is 0 Å². The van der Waals surface area contributed by atoms with Crippen molar-refractivity contribution in [2.45, 2.75) is 39.2 Å². The number of pyridine rings is 1. The topological polar surface area (TPSA) is 30.7 Å². The number of rotatable bonds is 2. The predicted octanol–water partition coefficient (Wildman–Crippen LogP) is 2.65. The van der Waals surface area contributed by atoms with Crippen molar-refractivity contribution in [3.05, 3.63) is 47.1 Å². The highest BCUT2D eigenvalue weighted by Crippen LogP contribution is 2.22. The van der Waals surface area contributed by atoms with Crippen molar-refractivity contribution in [1.29, 1.82) is 0 Å². The van der Waals surface area contributed by atoms with Crippen molar-refractivity contribution >= 4 is 0 Å². The maximum atomic E-state index is 13.1. The smallest absolute Gasteiger partial charge is 0.141 e. The minimum absolute atomic E-state index is 0.279. The molecule has 3 rings (SSSR count). The minimum atomic E-state index is -0.279. The van der Waals surface area contributed by atoms with Crippen LogP contribution in [0.2, 0.25) is 0 Å². The Kier molecular flexibility index (Phi) is 2.86. The second-order valence-corrected chi connectivity index (χ2v) is 4.86. The van der Waals surface area contributed by atoms with Crippen LogP contribution >= 0.6 is 0 Å². The monoisotopic (exact) mass is 245 g/mol. The number of hydrogen-bond acceptors (Lipinski definition) is 2. The molecule has 0 radical (unpaired) electrons. The van der Waals surface area contributed by atoms with E-state index in [1.807, 2.05) is 6.92 Å². The fraction of sp³-hybridized carbons (Fsp3) is 0.429. The number of nitrogens with zero attached hydrogens (tertiary/aromatic N) is 3. The molecule has 0 saturated carbocycles. The molecule has 1 aliphatic carbocycles. The quantitative estimate of drug-likeness (QED) is 0.814. The van der Waals surface area contributed by atoms with E-state index < -0.39 is 0 Å². The highest BCUT2D eigenvalue weighted by Gasteiger charge is 2.18. The third kappa shape index (κ3) is 2.03. The Morgan fingerprint density at radius 3 is 2.94 bits per heavy atom. The van der Waals surface area contributed by atoms with Gasteiger partial charge in [0.1, 0.15) is 11.6 Å². The van der Waals surface area contributed by atoms with E-state index in [2.05, 4.69) is 14.5 Å². The molecule has 0 unspecified atom stereocenters. The van der Waals surface area contributed by atoms with Crippen LogP contribution in [0.1, 0.15) is 35.6 Å². The molecule has 0 spiro atoms. The SMILES string of the molecule is Cc1nc2c(n1Cc1cncc(F)c1)CCCC2. The summed E-state index contributed by atoms with van der Waals surface area (Å²) in [5, 5.41) is 0. The van der Waals surface area contributed by atoms with Gasteiger partial charge >= 0.3 is 0 Å². The van der Waals surface area contributed by atoms with Crippen LogP contribution in [0.4, 0.5) is 4.39 Å². The van der Waals surface area contributed by atoms with Gasteiger partial charge in [-0.05, 0) is 44.2 Å². The second-order valence-electron chi connectivity index (χ2n) is 4.86. The average molecular weight is 245 g/mol. The zero-order valence-electron chi connectivity index (χ0n) is 10.5. The molecule has 2 heterocycles. The molecule has 18 heavy (non-hydrogen) atoms. The van der Waals surface area contributed by atoms with E-state index in [-0.39, 0.29) is 5.82 Å². The summed E-state index contributed by atoms with van der Waals surface area (Å²) in [4.78, 5) is 8.52. The number of imidazole rings is 1. The van der Waals surface area contributed by atoms with Crippen molar-refractivity contribution in [3.8, 4) is 0 Å². The van der Waals surface area contributed by atoms with E-state index in [1.54, 1.807) is 12.3 Å². The molecule has 0 aliphatic heterocycles. The first kappa shape index (κ1) is 11.4. The van der Waals surface area contributed by atoms with Crippen molar-refractivity contribution < 1.29 is 4.39 Å². The van der Waals surface area contributed by atoms with E-state index in [1.165, 1.54) is 30.4 Å². The summed E-state index contributed by atoms with van der Waals surface area (Å²) in [5.41, 5.74) is 3.44. The number of fused-ring (bicyclic) bond motifs is 1. The summed E-state index contributed by atoms with van der Waals surface area (Å²) in [6.45, 7) is 2.68. The molecule has 1 aliphatic rings. The molecule has 0 saturated heterocycles. The van der Waals surface area contributed by atoms with Crippen molar-refractivity contribution in [3.63, 3.8) is 0 Å². The van der Waals surface area contributed by atoms with Gasteiger partial charge in [0, 0.05) is 11.9 Å². The van der Waals surface area contributed by atoms with Gasteiger partial charge in [-0.25, -0.2) is 9.37 Å². The maximum absolute atomic E-state index is 13.1. The molecule has 0 aromatic carbocycles. The molecular formula is C14H16FN3. The van der Waals surface area contributed by atoms with Crippen LogP contribution in [0.3, 0.4) is 0 Å². The number of aromatic nitrogens is 3. The Balaban J connectivity index is 1.95. The molecule has 0 fully saturated rings. The van der Waals surface area contributed by atoms with E-state index >= 15 is 0 Å². The highest BCUT2D eigenvalue weighted by molar-refractivity contribution is 5.22. The average Bonchev–Trinajstić information content (AvgIpc) is 2.66. The van der Waals surface area contributed by atoms with E-state index in [0.29, 0.717) is 6.54 Å². The Labute approximate surface area is 106 Å². The van der Waals surface area contributed by atoms with Gasteiger partial charge in [-0.3, -0.25) is 4.98 Å². The molecule has 0 atom stereocenters. The molecule has 0 N–H and O–H groups in total. The van der Waals surface area contributed by atoms with Crippen molar-refractivity contribution in [2.24, 2.45) is 0 Å². The third-order valence-electron chi connectivity index (χ3n) is 3.53. The zero-order chi connectivity index (χ0) is 12.5. The Bertz CT molecular complexity index is 574. The number of halogens is 1. The third-order valence-corrected chi connectivity index (χ3v) is 3.53. The molecule has 0 amide bonds. The lowest BCUT2D eigenvalue weighted by Crippen LogP contribution is -2.10. The summed E-state index contributed by atoms with van der Waals surface area (Å²) in [7, 11) is 0. The van der Waals surface area contributed by atoms with Gasteiger partial charge in [-0.15, -0.1) is 0 Å². The molecular weight excluding hydrogens is 229 g/mol. The van der Waals surface area contributed by atoms with Gasteiger partial charge in [0.05, 0.1) is 18.4 Å². The normalized spacial score (nSPS) is 14.6. The zero-order valence-corrected chi connectivity index (χ0v) is 10.5. The number of aryl methyl sites for hydroxylation is 2. The standard InChI is InChI=1S/C14H16FN3/c1-10-17-13-4-2-3-5-14(13)18(10)9-11-6-12(15)8-16-7-11/h6-8H,2-5,9H2,1H3. The minimum Gasteiger partial charge on any atom is -0.328 e. The van der Waals surface area contributed by atoms with Crippen LogP contribution in [0.25, 0.3) is 0 Å². The fourth-order valence-electron chi connectivity index (χ4n) is 2.67. The highest BCUT2D eigenvalue weighted by atomic mass is 19.1. The van der Waals surface area contributed by atoms with Gasteiger partial charge in [0.25, 0.3) is 0 Å². The number of hydrogen-bond donors (Lipinski definition) is 0. The van der Waals surface area contributed by atoms with E-state index in [0.717, 1.165) is 24.2 Å². The van der Waals surface area contributed by atoms with E-state index in [9.17, 15) is 4.39 Å². The van der Waals surface area contributed by atoms with Crippen LogP contribution < -0.4 is 0 Å². The Hall–Kier alpha value is -1.71. The second kappa shape index (κ2) is 4.52. The van der Waals surface area contributed by atoms with Gasteiger partial charge < -0.3 is 4.57 Å². The van der Waals surface area contributed by atoms with Gasteiger partial charge in [0.15, 0.2) is 0 Å². The van der Waals surface area contributed by atoms with Crippen LogP contribution in [-0.2, 0) is 19.4 Å². The maximum Gasteiger partial charge on any atom is 0.141 e. The van der Waals surface area contributed by atoms with Crippen molar-refractivity contribution in [2.75, 3.05) is 0 Å². The molecule has 3 nitrogen and oxygen atoms in total. The Morgan fingerprint density at radius 1 is 1.28 bits per heavy atom. The van der Waals surface area contributed by atoms with Gasteiger partial charge in [-0.2, -0.15) is 0 Å².